The highest BCUT2D eigenvalue weighted by molar-refractivity contribution is 5.93. The van der Waals surface area contributed by atoms with Crippen molar-refractivity contribution in [2.75, 3.05) is 19.6 Å². The summed E-state index contributed by atoms with van der Waals surface area (Å²) in [7, 11) is 0. The molecule has 0 aromatic carbocycles. The van der Waals surface area contributed by atoms with Crippen molar-refractivity contribution in [1.29, 1.82) is 0 Å². The quantitative estimate of drug-likeness (QED) is 0.719. The Morgan fingerprint density at radius 1 is 1.45 bits per heavy atom. The third kappa shape index (κ3) is 4.84. The van der Waals surface area contributed by atoms with E-state index in [2.05, 4.69) is 10.3 Å². The summed E-state index contributed by atoms with van der Waals surface area (Å²) in [4.78, 5) is 22.4. The van der Waals surface area contributed by atoms with Gasteiger partial charge in [0.15, 0.2) is 5.69 Å². The lowest BCUT2D eigenvalue weighted by atomic mass is 10.3. The number of alkyl halides is 3. The standard InChI is InChI=1S/C9H12F3N5O3/c10-9(11,12)5-16(4-7(18)19)8(20)6-3-17(2-1-13)15-14-6/h3H,1-2,4-5,13H2,(H,18,19). The van der Waals surface area contributed by atoms with Gasteiger partial charge in [0, 0.05) is 6.54 Å². The van der Waals surface area contributed by atoms with Gasteiger partial charge in [0.1, 0.15) is 13.1 Å². The third-order valence-electron chi connectivity index (χ3n) is 2.10. The Balaban J connectivity index is 2.88. The zero-order valence-corrected chi connectivity index (χ0v) is 10.2. The number of carbonyl (C=O) groups is 2. The van der Waals surface area contributed by atoms with E-state index in [1.807, 2.05) is 0 Å². The second kappa shape index (κ2) is 6.32. The Hall–Kier alpha value is -2.17. The largest absolute Gasteiger partial charge is 0.480 e. The average molecular weight is 295 g/mol. The number of amides is 1. The SMILES string of the molecule is NCCn1cc(C(=O)N(CC(=O)O)CC(F)(F)F)nn1. The maximum Gasteiger partial charge on any atom is 0.406 e. The van der Waals surface area contributed by atoms with Gasteiger partial charge in [-0.05, 0) is 0 Å². The number of carbonyl (C=O) groups excluding carboxylic acids is 1. The van der Waals surface area contributed by atoms with Gasteiger partial charge in [-0.15, -0.1) is 5.10 Å². The van der Waals surface area contributed by atoms with Crippen molar-refractivity contribution < 1.29 is 27.9 Å². The van der Waals surface area contributed by atoms with Crippen LogP contribution in [0.2, 0.25) is 0 Å². The predicted octanol–water partition coefficient (Wildman–Crippen LogP) is -0.674. The summed E-state index contributed by atoms with van der Waals surface area (Å²) in [5.74, 6) is -2.72. The molecule has 0 fully saturated rings. The maximum atomic E-state index is 12.3. The van der Waals surface area contributed by atoms with Crippen molar-refractivity contribution in [2.24, 2.45) is 5.73 Å². The molecule has 3 N–H and O–H groups in total. The van der Waals surface area contributed by atoms with Crippen molar-refractivity contribution in [1.82, 2.24) is 19.9 Å². The van der Waals surface area contributed by atoms with Crippen LogP contribution in [-0.2, 0) is 11.3 Å². The molecule has 0 spiro atoms. The van der Waals surface area contributed by atoms with E-state index >= 15 is 0 Å². The number of aliphatic carboxylic acids is 1. The van der Waals surface area contributed by atoms with E-state index in [0.717, 1.165) is 6.20 Å². The minimum absolute atomic E-state index is 0.138. The Morgan fingerprint density at radius 2 is 2.10 bits per heavy atom. The maximum absolute atomic E-state index is 12.3. The average Bonchev–Trinajstić information content (AvgIpc) is 2.73. The lowest BCUT2D eigenvalue weighted by Gasteiger charge is -2.20. The number of nitrogens with zero attached hydrogens (tertiary/aromatic N) is 4. The number of rotatable bonds is 6. The van der Waals surface area contributed by atoms with E-state index in [0.29, 0.717) is 0 Å². The second-order valence-electron chi connectivity index (χ2n) is 3.83. The Kier molecular flexibility index (Phi) is 5.02. The van der Waals surface area contributed by atoms with E-state index in [1.165, 1.54) is 4.68 Å². The van der Waals surface area contributed by atoms with Gasteiger partial charge in [-0.25, -0.2) is 0 Å². The summed E-state index contributed by atoms with van der Waals surface area (Å²) in [6.07, 6.45) is -3.60. The molecule has 0 aliphatic carbocycles. The first-order valence-corrected chi connectivity index (χ1v) is 5.41. The summed E-state index contributed by atoms with van der Waals surface area (Å²) in [5, 5.41) is 15.4. The van der Waals surface area contributed by atoms with E-state index in [1.54, 1.807) is 0 Å². The molecule has 0 atom stereocenters. The third-order valence-corrected chi connectivity index (χ3v) is 2.10. The Labute approximate surface area is 110 Å². The predicted molar refractivity (Wildman–Crippen MR) is 58.7 cm³/mol. The fourth-order valence-corrected chi connectivity index (χ4v) is 1.38. The minimum atomic E-state index is -4.71. The van der Waals surface area contributed by atoms with E-state index in [9.17, 15) is 22.8 Å². The molecule has 0 bridgehead atoms. The van der Waals surface area contributed by atoms with Gasteiger partial charge in [-0.3, -0.25) is 14.3 Å². The van der Waals surface area contributed by atoms with Gasteiger partial charge in [-0.2, -0.15) is 13.2 Å². The van der Waals surface area contributed by atoms with Crippen LogP contribution < -0.4 is 5.73 Å². The van der Waals surface area contributed by atoms with Crippen molar-refractivity contribution >= 4 is 11.9 Å². The number of carboxylic acid groups (broad SMARTS) is 1. The molecule has 11 heteroatoms. The topological polar surface area (TPSA) is 114 Å². The number of aromatic nitrogens is 3. The molecule has 20 heavy (non-hydrogen) atoms. The molecule has 0 radical (unpaired) electrons. The smallest absolute Gasteiger partial charge is 0.406 e. The molecule has 112 valence electrons. The number of nitrogens with two attached hydrogens (primary N) is 1. The summed E-state index contributed by atoms with van der Waals surface area (Å²) in [5.41, 5.74) is 4.87. The van der Waals surface area contributed by atoms with Crippen LogP contribution in [0.4, 0.5) is 13.2 Å². The highest BCUT2D eigenvalue weighted by Crippen LogP contribution is 2.17. The van der Waals surface area contributed by atoms with Gasteiger partial charge in [0.05, 0.1) is 12.7 Å². The van der Waals surface area contributed by atoms with Gasteiger partial charge < -0.3 is 15.7 Å². The van der Waals surface area contributed by atoms with Crippen LogP contribution in [-0.4, -0.2) is 62.7 Å². The molecule has 0 aliphatic rings. The van der Waals surface area contributed by atoms with Gasteiger partial charge in [0.2, 0.25) is 0 Å². The number of carboxylic acids is 1. The highest BCUT2D eigenvalue weighted by Gasteiger charge is 2.35. The van der Waals surface area contributed by atoms with Crippen LogP contribution in [0, 0.1) is 0 Å². The molecule has 1 heterocycles. The fraction of sp³-hybridized carbons (Fsp3) is 0.556. The van der Waals surface area contributed by atoms with E-state index in [-0.39, 0.29) is 23.7 Å². The van der Waals surface area contributed by atoms with Crippen molar-refractivity contribution in [3.05, 3.63) is 11.9 Å². The summed E-state index contributed by atoms with van der Waals surface area (Å²) in [6.45, 7) is -2.32. The number of halogens is 3. The van der Waals surface area contributed by atoms with Crippen LogP contribution in [0.25, 0.3) is 0 Å². The van der Waals surface area contributed by atoms with E-state index in [4.69, 9.17) is 10.8 Å². The Morgan fingerprint density at radius 3 is 2.60 bits per heavy atom. The molecule has 1 amide bonds. The van der Waals surface area contributed by atoms with Crippen molar-refractivity contribution in [3.8, 4) is 0 Å². The van der Waals surface area contributed by atoms with Gasteiger partial charge in [0.25, 0.3) is 5.91 Å². The van der Waals surface area contributed by atoms with E-state index < -0.39 is 31.1 Å². The summed E-state index contributed by atoms with van der Waals surface area (Å²) >= 11 is 0. The van der Waals surface area contributed by atoms with Crippen LogP contribution in [0.15, 0.2) is 6.20 Å². The van der Waals surface area contributed by atoms with Crippen LogP contribution in [0.5, 0.6) is 0 Å². The van der Waals surface area contributed by atoms with Crippen molar-refractivity contribution in [2.45, 2.75) is 12.7 Å². The molecule has 0 unspecified atom stereocenters. The van der Waals surface area contributed by atoms with Crippen LogP contribution >= 0.6 is 0 Å². The summed E-state index contributed by atoms with van der Waals surface area (Å²) in [6, 6.07) is 0. The normalized spacial score (nSPS) is 11.4. The fourth-order valence-electron chi connectivity index (χ4n) is 1.38. The zero-order chi connectivity index (χ0) is 15.3. The van der Waals surface area contributed by atoms with Crippen molar-refractivity contribution in [3.63, 3.8) is 0 Å². The van der Waals surface area contributed by atoms with Gasteiger partial charge >= 0.3 is 12.1 Å². The molecule has 1 aromatic heterocycles. The molecule has 0 saturated carbocycles. The van der Waals surface area contributed by atoms with Gasteiger partial charge in [-0.1, -0.05) is 5.21 Å². The molecule has 0 aliphatic heterocycles. The van der Waals surface area contributed by atoms with Crippen LogP contribution in [0.1, 0.15) is 10.5 Å². The lowest BCUT2D eigenvalue weighted by Crippen LogP contribution is -2.42. The Bertz CT molecular complexity index is 487. The monoisotopic (exact) mass is 295 g/mol. The highest BCUT2D eigenvalue weighted by atomic mass is 19.4. The summed E-state index contributed by atoms with van der Waals surface area (Å²) < 4.78 is 38.1. The molecular weight excluding hydrogens is 283 g/mol. The zero-order valence-electron chi connectivity index (χ0n) is 10.2. The number of hydrogen-bond donors (Lipinski definition) is 2. The molecule has 1 aromatic rings. The molecular formula is C9H12F3N5O3. The first-order valence-electron chi connectivity index (χ1n) is 5.41. The number of hydrogen-bond acceptors (Lipinski definition) is 5. The van der Waals surface area contributed by atoms with Crippen LogP contribution in [0.3, 0.4) is 0 Å². The first-order chi connectivity index (χ1) is 9.23. The lowest BCUT2D eigenvalue weighted by molar-refractivity contribution is -0.149. The molecule has 1 rings (SSSR count). The molecule has 0 saturated heterocycles. The second-order valence-corrected chi connectivity index (χ2v) is 3.83. The first kappa shape index (κ1) is 15.9. The molecule has 8 nitrogen and oxygen atoms in total. The minimum Gasteiger partial charge on any atom is -0.480 e.